The molecule has 0 amide bonds. The van der Waals surface area contributed by atoms with E-state index in [1.807, 2.05) is 0 Å². The Morgan fingerprint density at radius 1 is 0.895 bits per heavy atom. The van der Waals surface area contributed by atoms with Gasteiger partial charge in [0.15, 0.2) is 0 Å². The second-order valence-electron chi connectivity index (χ2n) is 4.76. The molecule has 2 rings (SSSR count). The predicted molar refractivity (Wildman–Crippen MR) is 93.6 cm³/mol. The van der Waals surface area contributed by atoms with Crippen molar-refractivity contribution in [3.8, 4) is 0 Å². The van der Waals surface area contributed by atoms with Crippen LogP contribution in [0.5, 0.6) is 0 Å². The van der Waals surface area contributed by atoms with E-state index in [-0.39, 0.29) is 5.33 Å². The highest BCUT2D eigenvalue weighted by Gasteiger charge is 2.21. The molecule has 0 N–H and O–H groups in total. The molecule has 1 unspecified atom stereocenters. The van der Waals surface area contributed by atoms with E-state index in [1.54, 1.807) is 0 Å². The van der Waals surface area contributed by atoms with Gasteiger partial charge >= 0.3 is 0 Å². The van der Waals surface area contributed by atoms with Crippen LogP contribution < -0.4 is 0 Å². The number of benzene rings is 2. The lowest BCUT2D eigenvalue weighted by atomic mass is 9.97. The van der Waals surface area contributed by atoms with E-state index in [4.69, 9.17) is 0 Å². The topological polar surface area (TPSA) is 0 Å². The van der Waals surface area contributed by atoms with Crippen molar-refractivity contribution in [3.05, 3.63) is 70.8 Å². The summed E-state index contributed by atoms with van der Waals surface area (Å²) in [6.45, 7) is 4.38. The first-order chi connectivity index (χ1) is 9.09. The molecule has 0 aromatic heterocycles. The summed E-state index contributed by atoms with van der Waals surface area (Å²) < 4.78 is 0. The van der Waals surface area contributed by atoms with Crippen molar-refractivity contribution in [3.63, 3.8) is 0 Å². The zero-order valence-corrected chi connectivity index (χ0v) is 15.2. The normalized spacial score (nSPS) is 12.7. The SMILES string of the molecule is Cc1ccccc1CC(c1ccccc1C)P(Br)Br. The van der Waals surface area contributed by atoms with Crippen molar-refractivity contribution in [2.24, 2.45) is 0 Å². The first kappa shape index (κ1) is 15.2. The zero-order valence-electron chi connectivity index (χ0n) is 11.1. The molecule has 3 heteroatoms. The minimum atomic E-state index is -0.367. The van der Waals surface area contributed by atoms with E-state index >= 15 is 0 Å². The van der Waals surface area contributed by atoms with Crippen molar-refractivity contribution in [2.75, 3.05) is 0 Å². The van der Waals surface area contributed by atoms with Gasteiger partial charge in [0.1, 0.15) is 0 Å². The van der Waals surface area contributed by atoms with Crippen LogP contribution in [0.25, 0.3) is 0 Å². The Kier molecular flexibility index (Phi) is 5.62. The third-order valence-electron chi connectivity index (χ3n) is 3.46. The number of halogens is 2. The van der Waals surface area contributed by atoms with Gasteiger partial charge in [0.25, 0.3) is 0 Å². The number of hydrogen-bond acceptors (Lipinski definition) is 0. The fourth-order valence-electron chi connectivity index (χ4n) is 2.29. The lowest BCUT2D eigenvalue weighted by molar-refractivity contribution is 0.912. The molecule has 0 aliphatic heterocycles. The third-order valence-corrected chi connectivity index (χ3v) is 7.36. The van der Waals surface area contributed by atoms with Crippen LogP contribution in [-0.2, 0) is 6.42 Å². The molecule has 100 valence electrons. The van der Waals surface area contributed by atoms with Crippen molar-refractivity contribution >= 4 is 36.3 Å². The van der Waals surface area contributed by atoms with Gasteiger partial charge in [-0.2, -0.15) is 0 Å². The van der Waals surface area contributed by atoms with Gasteiger partial charge in [-0.3, -0.25) is 0 Å². The van der Waals surface area contributed by atoms with Crippen LogP contribution in [0.3, 0.4) is 0 Å². The standard InChI is InChI=1S/C16H17Br2P/c1-12-7-3-5-9-14(12)11-16(19(17)18)15-10-6-4-8-13(15)2/h3-10,16H,11H2,1-2H3. The second kappa shape index (κ2) is 7.02. The van der Waals surface area contributed by atoms with E-state index in [2.05, 4.69) is 93.4 Å². The maximum atomic E-state index is 3.78. The van der Waals surface area contributed by atoms with Gasteiger partial charge in [0.05, 0.1) is 0 Å². The molecular formula is C16H17Br2P. The van der Waals surface area contributed by atoms with Gasteiger partial charge in [0, 0.05) is 11.0 Å². The number of hydrogen-bond donors (Lipinski definition) is 0. The predicted octanol–water partition coefficient (Wildman–Crippen LogP) is 6.69. The lowest BCUT2D eigenvalue weighted by Gasteiger charge is -2.21. The Morgan fingerprint density at radius 2 is 1.47 bits per heavy atom. The average molecular weight is 400 g/mol. The summed E-state index contributed by atoms with van der Waals surface area (Å²) in [5.41, 5.74) is 6.11. The van der Waals surface area contributed by atoms with Gasteiger partial charge in [-0.1, -0.05) is 48.5 Å². The van der Waals surface area contributed by atoms with E-state index in [0.29, 0.717) is 5.66 Å². The fourth-order valence-corrected chi connectivity index (χ4v) is 5.32. The van der Waals surface area contributed by atoms with Gasteiger partial charge in [-0.25, -0.2) is 0 Å². The molecule has 0 spiro atoms. The fraction of sp³-hybridized carbons (Fsp3) is 0.250. The summed E-state index contributed by atoms with van der Waals surface area (Å²) in [6.07, 6.45) is 1.07. The average Bonchev–Trinajstić information content (AvgIpc) is 2.38. The second-order valence-corrected chi connectivity index (χ2v) is 13.3. The summed E-state index contributed by atoms with van der Waals surface area (Å²) in [4.78, 5) is 0. The molecule has 0 nitrogen and oxygen atoms in total. The monoisotopic (exact) mass is 398 g/mol. The van der Waals surface area contributed by atoms with E-state index in [1.165, 1.54) is 22.3 Å². The van der Waals surface area contributed by atoms with Crippen LogP contribution in [-0.4, -0.2) is 0 Å². The largest absolute Gasteiger partial charge is 0.0620 e. The Balaban J connectivity index is 2.33. The van der Waals surface area contributed by atoms with Crippen molar-refractivity contribution in [1.29, 1.82) is 0 Å². The molecular weight excluding hydrogens is 383 g/mol. The summed E-state index contributed by atoms with van der Waals surface area (Å²) >= 11 is 7.55. The first-order valence-corrected chi connectivity index (χ1v) is 11.7. The number of rotatable bonds is 4. The van der Waals surface area contributed by atoms with Crippen LogP contribution >= 0.6 is 36.3 Å². The molecule has 0 saturated heterocycles. The highest BCUT2D eigenvalue weighted by molar-refractivity contribution is 9.69. The van der Waals surface area contributed by atoms with Crippen molar-refractivity contribution in [1.82, 2.24) is 0 Å². The third kappa shape index (κ3) is 3.90. The quantitative estimate of drug-likeness (QED) is 0.502. The Hall–Kier alpha value is -0.170. The highest BCUT2D eigenvalue weighted by Crippen LogP contribution is 2.65. The summed E-state index contributed by atoms with van der Waals surface area (Å²) in [7, 11) is 0. The van der Waals surface area contributed by atoms with Crippen LogP contribution in [0.15, 0.2) is 48.5 Å². The van der Waals surface area contributed by atoms with Gasteiger partial charge < -0.3 is 0 Å². The highest BCUT2D eigenvalue weighted by atomic mass is 79.9. The van der Waals surface area contributed by atoms with Gasteiger partial charge in [-0.05, 0) is 73.5 Å². The van der Waals surface area contributed by atoms with E-state index in [9.17, 15) is 0 Å². The summed E-state index contributed by atoms with van der Waals surface area (Å²) in [5, 5.41) is -0.367. The molecule has 0 aliphatic carbocycles. The minimum absolute atomic E-state index is 0.367. The molecule has 0 bridgehead atoms. The van der Waals surface area contributed by atoms with Crippen molar-refractivity contribution in [2.45, 2.75) is 25.9 Å². The van der Waals surface area contributed by atoms with Crippen LogP contribution in [0.2, 0.25) is 0 Å². The lowest BCUT2D eigenvalue weighted by Crippen LogP contribution is -2.01. The smallest absolute Gasteiger partial charge is 0.0426 e. The van der Waals surface area contributed by atoms with E-state index < -0.39 is 0 Å². The minimum Gasteiger partial charge on any atom is -0.0620 e. The summed E-state index contributed by atoms with van der Waals surface area (Å²) in [6, 6.07) is 17.3. The van der Waals surface area contributed by atoms with Gasteiger partial charge in [0.2, 0.25) is 0 Å². The number of aryl methyl sites for hydroxylation is 2. The molecule has 0 aliphatic rings. The Morgan fingerprint density at radius 3 is 2.05 bits per heavy atom. The molecule has 2 aromatic rings. The molecule has 19 heavy (non-hydrogen) atoms. The molecule has 0 fully saturated rings. The maximum Gasteiger partial charge on any atom is 0.0426 e. The molecule has 2 aromatic carbocycles. The van der Waals surface area contributed by atoms with E-state index in [0.717, 1.165) is 6.42 Å². The zero-order chi connectivity index (χ0) is 13.8. The molecule has 0 saturated carbocycles. The molecule has 1 atom stereocenters. The van der Waals surface area contributed by atoms with Crippen LogP contribution in [0, 0.1) is 13.8 Å². The van der Waals surface area contributed by atoms with Crippen LogP contribution in [0.1, 0.15) is 27.9 Å². The Labute approximate surface area is 132 Å². The Bertz CT molecular complexity index is 552. The first-order valence-electron chi connectivity index (χ1n) is 6.30. The molecule has 0 heterocycles. The van der Waals surface area contributed by atoms with Gasteiger partial charge in [-0.15, -0.1) is 0 Å². The summed E-state index contributed by atoms with van der Waals surface area (Å²) in [5.74, 6) is 0. The molecule has 0 radical (unpaired) electrons. The maximum absolute atomic E-state index is 3.78. The van der Waals surface area contributed by atoms with Crippen molar-refractivity contribution < 1.29 is 0 Å². The van der Waals surface area contributed by atoms with Crippen LogP contribution in [0.4, 0.5) is 0 Å².